The Morgan fingerprint density at radius 3 is 2.60 bits per heavy atom. The fraction of sp³-hybridized carbons (Fsp3) is 0.429. The van der Waals surface area contributed by atoms with Crippen LogP contribution in [0.4, 0.5) is 0 Å². The molecule has 1 unspecified atom stereocenters. The second kappa shape index (κ2) is 7.24. The van der Waals surface area contributed by atoms with Gasteiger partial charge in [0.1, 0.15) is 0 Å². The van der Waals surface area contributed by atoms with E-state index in [4.69, 9.17) is 0 Å². The standard InChI is InChI=1S/C14H20O/c1-2-3-4-5-9-12-14(15)13-10-7-6-8-11-13/h6-12,14-15H,2-5H2,1H3/b12-9-. The smallest absolute Gasteiger partial charge is 0.0971 e. The minimum atomic E-state index is -0.451. The molecular weight excluding hydrogens is 184 g/mol. The van der Waals surface area contributed by atoms with E-state index in [9.17, 15) is 5.11 Å². The number of hydrogen-bond donors (Lipinski definition) is 1. The van der Waals surface area contributed by atoms with Crippen molar-refractivity contribution in [2.24, 2.45) is 0 Å². The average Bonchev–Trinajstić information content (AvgIpc) is 2.30. The zero-order valence-corrected chi connectivity index (χ0v) is 9.39. The van der Waals surface area contributed by atoms with E-state index in [1.54, 1.807) is 0 Å². The number of aliphatic hydroxyl groups excluding tert-OH is 1. The third-order valence-corrected chi connectivity index (χ3v) is 2.43. The van der Waals surface area contributed by atoms with Crippen LogP contribution in [0.15, 0.2) is 42.5 Å². The van der Waals surface area contributed by atoms with E-state index in [1.807, 2.05) is 36.4 Å². The van der Waals surface area contributed by atoms with Crippen molar-refractivity contribution >= 4 is 0 Å². The molecule has 0 saturated heterocycles. The lowest BCUT2D eigenvalue weighted by atomic mass is 10.1. The quantitative estimate of drug-likeness (QED) is 0.551. The molecule has 0 aliphatic carbocycles. The van der Waals surface area contributed by atoms with Crippen molar-refractivity contribution in [3.63, 3.8) is 0 Å². The summed E-state index contributed by atoms with van der Waals surface area (Å²) in [6, 6.07) is 9.75. The van der Waals surface area contributed by atoms with Crippen molar-refractivity contribution in [2.75, 3.05) is 0 Å². The predicted molar refractivity (Wildman–Crippen MR) is 64.7 cm³/mol. The summed E-state index contributed by atoms with van der Waals surface area (Å²) in [5.74, 6) is 0. The van der Waals surface area contributed by atoms with Gasteiger partial charge in [0, 0.05) is 0 Å². The van der Waals surface area contributed by atoms with E-state index < -0.39 is 6.10 Å². The van der Waals surface area contributed by atoms with Gasteiger partial charge in [-0.15, -0.1) is 0 Å². The number of rotatable bonds is 6. The van der Waals surface area contributed by atoms with E-state index >= 15 is 0 Å². The molecule has 1 rings (SSSR count). The molecule has 0 spiro atoms. The van der Waals surface area contributed by atoms with E-state index in [0.29, 0.717) is 0 Å². The molecule has 1 N–H and O–H groups in total. The largest absolute Gasteiger partial charge is 0.384 e. The number of aliphatic hydroxyl groups is 1. The maximum atomic E-state index is 9.79. The topological polar surface area (TPSA) is 20.2 Å². The SMILES string of the molecule is CCCCC/C=C\C(O)c1ccccc1. The van der Waals surface area contributed by atoms with Gasteiger partial charge in [-0.05, 0) is 18.4 Å². The third kappa shape index (κ3) is 4.80. The second-order valence-corrected chi connectivity index (χ2v) is 3.78. The first-order chi connectivity index (χ1) is 7.34. The van der Waals surface area contributed by atoms with E-state index in [1.165, 1.54) is 19.3 Å². The Morgan fingerprint density at radius 2 is 1.93 bits per heavy atom. The molecular formula is C14H20O. The molecule has 0 fully saturated rings. The molecule has 15 heavy (non-hydrogen) atoms. The van der Waals surface area contributed by atoms with E-state index in [0.717, 1.165) is 12.0 Å². The van der Waals surface area contributed by atoms with Gasteiger partial charge in [-0.3, -0.25) is 0 Å². The molecule has 1 nitrogen and oxygen atoms in total. The van der Waals surface area contributed by atoms with Crippen LogP contribution in [0, 0.1) is 0 Å². The van der Waals surface area contributed by atoms with Crippen molar-refractivity contribution in [3.05, 3.63) is 48.0 Å². The molecule has 0 heterocycles. The Hall–Kier alpha value is -1.08. The van der Waals surface area contributed by atoms with E-state index in [-0.39, 0.29) is 0 Å². The zero-order chi connectivity index (χ0) is 10.9. The molecule has 1 aromatic rings. The Morgan fingerprint density at radius 1 is 1.20 bits per heavy atom. The lowest BCUT2D eigenvalue weighted by Gasteiger charge is -2.04. The van der Waals surface area contributed by atoms with Crippen LogP contribution in [0.3, 0.4) is 0 Å². The van der Waals surface area contributed by atoms with Gasteiger partial charge < -0.3 is 5.11 Å². The highest BCUT2D eigenvalue weighted by atomic mass is 16.3. The minimum Gasteiger partial charge on any atom is -0.384 e. The van der Waals surface area contributed by atoms with Crippen molar-refractivity contribution in [2.45, 2.75) is 38.7 Å². The third-order valence-electron chi connectivity index (χ3n) is 2.43. The Balaban J connectivity index is 2.32. The fourth-order valence-corrected chi connectivity index (χ4v) is 1.50. The second-order valence-electron chi connectivity index (χ2n) is 3.78. The molecule has 0 aliphatic heterocycles. The monoisotopic (exact) mass is 204 g/mol. The predicted octanol–water partition coefficient (Wildman–Crippen LogP) is 3.86. The highest BCUT2D eigenvalue weighted by Crippen LogP contribution is 2.13. The molecule has 1 heteroatoms. The van der Waals surface area contributed by atoms with Crippen LogP contribution in [0.25, 0.3) is 0 Å². The van der Waals surface area contributed by atoms with Crippen molar-refractivity contribution in [1.82, 2.24) is 0 Å². The van der Waals surface area contributed by atoms with Crippen LogP contribution in [0.5, 0.6) is 0 Å². The van der Waals surface area contributed by atoms with Crippen LogP contribution < -0.4 is 0 Å². The first-order valence-electron chi connectivity index (χ1n) is 5.74. The van der Waals surface area contributed by atoms with Gasteiger partial charge in [0.2, 0.25) is 0 Å². The van der Waals surface area contributed by atoms with Crippen molar-refractivity contribution < 1.29 is 5.11 Å². The lowest BCUT2D eigenvalue weighted by molar-refractivity contribution is 0.228. The summed E-state index contributed by atoms with van der Waals surface area (Å²) in [5, 5.41) is 9.79. The maximum Gasteiger partial charge on any atom is 0.0971 e. The van der Waals surface area contributed by atoms with Gasteiger partial charge in [0.15, 0.2) is 0 Å². The summed E-state index contributed by atoms with van der Waals surface area (Å²) in [6.07, 6.45) is 8.30. The molecule has 1 atom stereocenters. The van der Waals surface area contributed by atoms with Gasteiger partial charge in [0.05, 0.1) is 6.10 Å². The maximum absolute atomic E-state index is 9.79. The van der Waals surface area contributed by atoms with Gasteiger partial charge >= 0.3 is 0 Å². The van der Waals surface area contributed by atoms with Gasteiger partial charge in [-0.25, -0.2) is 0 Å². The lowest BCUT2D eigenvalue weighted by Crippen LogP contribution is -1.91. The molecule has 0 aliphatic rings. The Labute approximate surface area is 92.5 Å². The molecule has 0 bridgehead atoms. The Kier molecular flexibility index (Phi) is 5.79. The highest BCUT2D eigenvalue weighted by molar-refractivity contribution is 5.20. The molecule has 0 saturated carbocycles. The summed E-state index contributed by atoms with van der Waals surface area (Å²) in [6.45, 7) is 2.20. The van der Waals surface area contributed by atoms with E-state index in [2.05, 4.69) is 13.0 Å². The Bertz CT molecular complexity index is 277. The number of unbranched alkanes of at least 4 members (excludes halogenated alkanes) is 3. The molecule has 1 aromatic carbocycles. The summed E-state index contributed by atoms with van der Waals surface area (Å²) in [7, 11) is 0. The summed E-state index contributed by atoms with van der Waals surface area (Å²) < 4.78 is 0. The van der Waals surface area contributed by atoms with Gasteiger partial charge in [0.25, 0.3) is 0 Å². The summed E-state index contributed by atoms with van der Waals surface area (Å²) in [4.78, 5) is 0. The fourth-order valence-electron chi connectivity index (χ4n) is 1.50. The summed E-state index contributed by atoms with van der Waals surface area (Å²) in [5.41, 5.74) is 0.962. The van der Waals surface area contributed by atoms with Crippen LogP contribution in [0.2, 0.25) is 0 Å². The van der Waals surface area contributed by atoms with Crippen molar-refractivity contribution in [3.8, 4) is 0 Å². The minimum absolute atomic E-state index is 0.451. The van der Waals surface area contributed by atoms with Crippen LogP contribution in [-0.2, 0) is 0 Å². The number of allylic oxidation sites excluding steroid dienone is 1. The first-order valence-corrected chi connectivity index (χ1v) is 5.74. The highest BCUT2D eigenvalue weighted by Gasteiger charge is 2.00. The van der Waals surface area contributed by atoms with Gasteiger partial charge in [-0.1, -0.05) is 62.2 Å². The van der Waals surface area contributed by atoms with Gasteiger partial charge in [-0.2, -0.15) is 0 Å². The van der Waals surface area contributed by atoms with Crippen LogP contribution in [-0.4, -0.2) is 5.11 Å². The molecule has 0 amide bonds. The normalized spacial score (nSPS) is 13.2. The van der Waals surface area contributed by atoms with Crippen molar-refractivity contribution in [1.29, 1.82) is 0 Å². The molecule has 82 valence electrons. The molecule has 0 aromatic heterocycles. The zero-order valence-electron chi connectivity index (χ0n) is 9.39. The average molecular weight is 204 g/mol. The van der Waals surface area contributed by atoms with Crippen LogP contribution >= 0.6 is 0 Å². The number of benzene rings is 1. The molecule has 0 radical (unpaired) electrons. The van der Waals surface area contributed by atoms with Crippen LogP contribution in [0.1, 0.15) is 44.3 Å². The number of hydrogen-bond acceptors (Lipinski definition) is 1. The summed E-state index contributed by atoms with van der Waals surface area (Å²) >= 11 is 0. The first kappa shape index (κ1) is 12.0.